The smallest absolute Gasteiger partial charge is 0.222 e. The fraction of sp³-hybridized carbons (Fsp3) is 0.0625. The van der Waals surface area contributed by atoms with Gasteiger partial charge in [-0.15, -0.1) is 0 Å². The number of nitrogens with zero attached hydrogens (tertiary/aromatic N) is 1. The Morgan fingerprint density at radius 3 is 2.68 bits per heavy atom. The van der Waals surface area contributed by atoms with Crippen molar-refractivity contribution in [2.24, 2.45) is 0 Å². The van der Waals surface area contributed by atoms with E-state index in [4.69, 9.17) is 4.74 Å². The van der Waals surface area contributed by atoms with E-state index in [1.54, 1.807) is 18.3 Å². The molecular weight excluding hydrogens is 238 g/mol. The third-order valence-electron chi connectivity index (χ3n) is 2.97. The number of benzene rings is 2. The summed E-state index contributed by atoms with van der Waals surface area (Å²) < 4.78 is 5.76. The molecule has 3 aromatic rings. The van der Waals surface area contributed by atoms with Crippen molar-refractivity contribution in [3.8, 4) is 17.4 Å². The first kappa shape index (κ1) is 11.5. The van der Waals surface area contributed by atoms with Crippen molar-refractivity contribution < 1.29 is 9.84 Å². The van der Waals surface area contributed by atoms with Gasteiger partial charge >= 0.3 is 0 Å². The van der Waals surface area contributed by atoms with Gasteiger partial charge < -0.3 is 9.84 Å². The normalized spacial score (nSPS) is 10.6. The number of pyridine rings is 1. The van der Waals surface area contributed by atoms with E-state index < -0.39 is 0 Å². The van der Waals surface area contributed by atoms with Crippen LogP contribution in [-0.2, 0) is 0 Å². The fourth-order valence-electron chi connectivity index (χ4n) is 1.97. The molecule has 3 nitrogen and oxygen atoms in total. The van der Waals surface area contributed by atoms with E-state index in [0.717, 1.165) is 16.3 Å². The van der Waals surface area contributed by atoms with E-state index in [9.17, 15) is 5.11 Å². The standard InChI is InChI=1S/C16H13NO2/c1-11-3-2-8-17-16(11)19-15-7-5-12-4-6-14(18)9-13(12)10-15/h2-10,18H,1H3. The van der Waals surface area contributed by atoms with Crippen molar-refractivity contribution >= 4 is 10.8 Å². The van der Waals surface area contributed by atoms with Gasteiger partial charge in [0.1, 0.15) is 11.5 Å². The first-order valence-electron chi connectivity index (χ1n) is 6.05. The molecule has 2 aromatic carbocycles. The van der Waals surface area contributed by atoms with Crippen molar-refractivity contribution in [1.82, 2.24) is 4.98 Å². The lowest BCUT2D eigenvalue weighted by Crippen LogP contribution is -1.90. The predicted octanol–water partition coefficient (Wildman–Crippen LogP) is 4.04. The highest BCUT2D eigenvalue weighted by Crippen LogP contribution is 2.27. The van der Waals surface area contributed by atoms with Gasteiger partial charge in [-0.2, -0.15) is 0 Å². The fourth-order valence-corrected chi connectivity index (χ4v) is 1.97. The number of aromatic nitrogens is 1. The lowest BCUT2D eigenvalue weighted by atomic mass is 10.1. The molecular formula is C16H13NO2. The Bertz CT molecular complexity index is 738. The molecule has 0 radical (unpaired) electrons. The van der Waals surface area contributed by atoms with Gasteiger partial charge in [-0.05, 0) is 48.0 Å². The second kappa shape index (κ2) is 4.61. The zero-order valence-corrected chi connectivity index (χ0v) is 10.5. The van der Waals surface area contributed by atoms with Gasteiger partial charge in [0, 0.05) is 11.8 Å². The molecule has 0 spiro atoms. The van der Waals surface area contributed by atoms with E-state index in [0.29, 0.717) is 11.6 Å². The minimum absolute atomic E-state index is 0.249. The molecule has 0 saturated carbocycles. The molecule has 19 heavy (non-hydrogen) atoms. The quantitative estimate of drug-likeness (QED) is 0.747. The van der Waals surface area contributed by atoms with Crippen LogP contribution >= 0.6 is 0 Å². The van der Waals surface area contributed by atoms with Crippen LogP contribution in [0.25, 0.3) is 10.8 Å². The molecule has 1 N–H and O–H groups in total. The van der Waals surface area contributed by atoms with E-state index in [-0.39, 0.29) is 5.75 Å². The largest absolute Gasteiger partial charge is 0.508 e. The summed E-state index contributed by atoms with van der Waals surface area (Å²) in [6.45, 7) is 1.95. The van der Waals surface area contributed by atoms with Crippen LogP contribution in [0.1, 0.15) is 5.56 Å². The summed E-state index contributed by atoms with van der Waals surface area (Å²) in [6, 6.07) is 14.8. The zero-order chi connectivity index (χ0) is 13.2. The van der Waals surface area contributed by atoms with Crippen molar-refractivity contribution in [3.63, 3.8) is 0 Å². The van der Waals surface area contributed by atoms with Gasteiger partial charge in [0.15, 0.2) is 0 Å². The Hall–Kier alpha value is -2.55. The number of aryl methyl sites for hydroxylation is 1. The monoisotopic (exact) mass is 251 g/mol. The molecule has 1 heterocycles. The summed E-state index contributed by atoms with van der Waals surface area (Å²) >= 11 is 0. The highest BCUT2D eigenvalue weighted by molar-refractivity contribution is 5.85. The van der Waals surface area contributed by atoms with Crippen molar-refractivity contribution in [1.29, 1.82) is 0 Å². The SMILES string of the molecule is Cc1cccnc1Oc1ccc2ccc(O)cc2c1. The van der Waals surface area contributed by atoms with E-state index >= 15 is 0 Å². The molecule has 94 valence electrons. The van der Waals surface area contributed by atoms with Gasteiger partial charge in [-0.3, -0.25) is 0 Å². The molecule has 0 atom stereocenters. The van der Waals surface area contributed by atoms with Crippen LogP contribution in [0.3, 0.4) is 0 Å². The average Bonchev–Trinajstić information content (AvgIpc) is 2.41. The van der Waals surface area contributed by atoms with Crippen molar-refractivity contribution in [2.45, 2.75) is 6.92 Å². The minimum Gasteiger partial charge on any atom is -0.508 e. The molecule has 0 saturated heterocycles. The van der Waals surface area contributed by atoms with Crippen LogP contribution in [0.15, 0.2) is 54.7 Å². The number of rotatable bonds is 2. The zero-order valence-electron chi connectivity index (χ0n) is 10.5. The Morgan fingerprint density at radius 2 is 1.84 bits per heavy atom. The lowest BCUT2D eigenvalue weighted by Gasteiger charge is -2.08. The first-order valence-corrected chi connectivity index (χ1v) is 6.05. The van der Waals surface area contributed by atoms with Crippen molar-refractivity contribution in [2.75, 3.05) is 0 Å². The molecule has 0 aliphatic rings. The second-order valence-electron chi connectivity index (χ2n) is 4.42. The summed E-state index contributed by atoms with van der Waals surface area (Å²) in [5, 5.41) is 11.5. The van der Waals surface area contributed by atoms with Crippen LogP contribution in [0.2, 0.25) is 0 Å². The number of phenols is 1. The maximum absolute atomic E-state index is 9.50. The summed E-state index contributed by atoms with van der Waals surface area (Å²) in [5.41, 5.74) is 0.985. The number of hydrogen-bond donors (Lipinski definition) is 1. The predicted molar refractivity (Wildman–Crippen MR) is 74.7 cm³/mol. The molecule has 3 rings (SSSR count). The summed E-state index contributed by atoms with van der Waals surface area (Å²) in [5.74, 6) is 1.56. The molecule has 0 bridgehead atoms. The van der Waals surface area contributed by atoms with Crippen LogP contribution < -0.4 is 4.74 Å². The van der Waals surface area contributed by atoms with Crippen LogP contribution in [0, 0.1) is 6.92 Å². The molecule has 3 heteroatoms. The maximum atomic E-state index is 9.50. The topological polar surface area (TPSA) is 42.4 Å². The number of ether oxygens (including phenoxy) is 1. The van der Waals surface area contributed by atoms with Gasteiger partial charge in [0.25, 0.3) is 0 Å². The van der Waals surface area contributed by atoms with E-state index in [1.165, 1.54) is 0 Å². The maximum Gasteiger partial charge on any atom is 0.222 e. The third-order valence-corrected chi connectivity index (χ3v) is 2.97. The Labute approximate surface area is 111 Å². The van der Waals surface area contributed by atoms with E-state index in [1.807, 2.05) is 43.3 Å². The summed E-state index contributed by atoms with van der Waals surface area (Å²) in [4.78, 5) is 4.20. The number of fused-ring (bicyclic) bond motifs is 1. The summed E-state index contributed by atoms with van der Waals surface area (Å²) in [7, 11) is 0. The molecule has 0 fully saturated rings. The Morgan fingerprint density at radius 1 is 1.00 bits per heavy atom. The second-order valence-corrected chi connectivity index (χ2v) is 4.42. The molecule has 1 aromatic heterocycles. The minimum atomic E-state index is 0.249. The van der Waals surface area contributed by atoms with Gasteiger partial charge in [0.2, 0.25) is 5.88 Å². The average molecular weight is 251 g/mol. The summed E-state index contributed by atoms with van der Waals surface area (Å²) in [6.07, 6.45) is 1.70. The number of aromatic hydroxyl groups is 1. The number of hydrogen-bond acceptors (Lipinski definition) is 3. The Balaban J connectivity index is 2.00. The van der Waals surface area contributed by atoms with Crippen LogP contribution in [0.4, 0.5) is 0 Å². The van der Waals surface area contributed by atoms with Gasteiger partial charge in [0.05, 0.1) is 0 Å². The molecule has 0 unspecified atom stereocenters. The highest BCUT2D eigenvalue weighted by atomic mass is 16.5. The lowest BCUT2D eigenvalue weighted by molar-refractivity contribution is 0.459. The van der Waals surface area contributed by atoms with Gasteiger partial charge in [-0.25, -0.2) is 4.98 Å². The van der Waals surface area contributed by atoms with Crippen LogP contribution in [-0.4, -0.2) is 10.1 Å². The van der Waals surface area contributed by atoms with E-state index in [2.05, 4.69) is 4.98 Å². The highest BCUT2D eigenvalue weighted by Gasteiger charge is 2.03. The molecule has 0 amide bonds. The first-order chi connectivity index (χ1) is 9.22. The number of phenolic OH excluding ortho intramolecular Hbond substituents is 1. The molecule has 0 aliphatic carbocycles. The Kier molecular flexibility index (Phi) is 2.80. The molecule has 0 aliphatic heterocycles. The van der Waals surface area contributed by atoms with Crippen molar-refractivity contribution in [3.05, 3.63) is 60.3 Å². The van der Waals surface area contributed by atoms with Gasteiger partial charge in [-0.1, -0.05) is 18.2 Å². The third kappa shape index (κ3) is 2.36. The van der Waals surface area contributed by atoms with Crippen LogP contribution in [0.5, 0.6) is 17.4 Å².